The summed E-state index contributed by atoms with van der Waals surface area (Å²) in [6.45, 7) is -0.241. The third-order valence-electron chi connectivity index (χ3n) is 3.26. The van der Waals surface area contributed by atoms with Crippen LogP contribution in [0.2, 0.25) is 10.0 Å². The molecule has 0 atom stereocenters. The van der Waals surface area contributed by atoms with Crippen LogP contribution in [0.15, 0.2) is 36.4 Å². The Morgan fingerprint density at radius 1 is 0.962 bits per heavy atom. The Labute approximate surface area is 158 Å². The Bertz CT molecular complexity index is 813. The highest BCUT2D eigenvalue weighted by Gasteiger charge is 2.14. The fourth-order valence-electron chi connectivity index (χ4n) is 2.12. The molecule has 2 aromatic rings. The lowest BCUT2D eigenvalue weighted by molar-refractivity contribution is -0.119. The number of hydrogen-bond acceptors (Lipinski definition) is 3. The van der Waals surface area contributed by atoms with Crippen molar-refractivity contribution >= 4 is 46.4 Å². The van der Waals surface area contributed by atoms with Crippen molar-refractivity contribution in [1.82, 2.24) is 4.90 Å². The number of rotatable bonds is 6. The average molecular weight is 402 g/mol. The van der Waals surface area contributed by atoms with E-state index in [-0.39, 0.29) is 18.8 Å². The van der Waals surface area contributed by atoms with E-state index < -0.39 is 23.4 Å². The number of hydrogen-bond donors (Lipinski definition) is 2. The number of carbonyl (C=O) groups is 2. The fourth-order valence-corrected chi connectivity index (χ4v) is 2.61. The zero-order chi connectivity index (χ0) is 19.3. The van der Waals surface area contributed by atoms with E-state index in [4.69, 9.17) is 23.2 Å². The van der Waals surface area contributed by atoms with Crippen molar-refractivity contribution in [2.24, 2.45) is 0 Å². The smallest absolute Gasteiger partial charge is 0.238 e. The highest BCUT2D eigenvalue weighted by molar-refractivity contribution is 6.39. The summed E-state index contributed by atoms with van der Waals surface area (Å²) in [7, 11) is 1.55. The zero-order valence-corrected chi connectivity index (χ0v) is 15.2. The van der Waals surface area contributed by atoms with Crippen LogP contribution in [0.4, 0.5) is 20.2 Å². The fraction of sp³-hybridized carbons (Fsp3) is 0.176. The molecule has 26 heavy (non-hydrogen) atoms. The molecule has 0 radical (unpaired) electrons. The van der Waals surface area contributed by atoms with E-state index in [1.54, 1.807) is 25.2 Å². The lowest BCUT2D eigenvalue weighted by atomic mass is 10.3. The summed E-state index contributed by atoms with van der Waals surface area (Å²) in [5.41, 5.74) is 0.412. The maximum Gasteiger partial charge on any atom is 0.238 e. The number of benzene rings is 2. The van der Waals surface area contributed by atoms with Gasteiger partial charge in [0, 0.05) is 11.8 Å². The summed E-state index contributed by atoms with van der Waals surface area (Å²) in [4.78, 5) is 25.4. The molecule has 0 aliphatic rings. The van der Waals surface area contributed by atoms with Gasteiger partial charge in [0.2, 0.25) is 11.8 Å². The SMILES string of the molecule is CN(CC(=O)Nc1ccc(F)c(F)c1)CC(=O)Nc1c(Cl)cccc1Cl. The van der Waals surface area contributed by atoms with Gasteiger partial charge in [-0.1, -0.05) is 29.3 Å². The summed E-state index contributed by atoms with van der Waals surface area (Å²) in [5, 5.41) is 5.59. The van der Waals surface area contributed by atoms with Crippen molar-refractivity contribution in [3.05, 3.63) is 58.1 Å². The van der Waals surface area contributed by atoms with Gasteiger partial charge in [-0.25, -0.2) is 8.78 Å². The molecule has 0 spiro atoms. The second kappa shape index (κ2) is 8.93. The normalized spacial score (nSPS) is 10.7. The van der Waals surface area contributed by atoms with Crippen LogP contribution in [-0.2, 0) is 9.59 Å². The highest BCUT2D eigenvalue weighted by atomic mass is 35.5. The number of likely N-dealkylation sites (N-methyl/N-ethyl adjacent to an activating group) is 1. The molecule has 0 heterocycles. The van der Waals surface area contributed by atoms with E-state index in [1.165, 1.54) is 11.0 Å². The van der Waals surface area contributed by atoms with Crippen molar-refractivity contribution in [3.8, 4) is 0 Å². The van der Waals surface area contributed by atoms with Gasteiger partial charge in [-0.15, -0.1) is 0 Å². The number of halogens is 4. The first-order chi connectivity index (χ1) is 12.3. The van der Waals surface area contributed by atoms with E-state index in [0.29, 0.717) is 15.7 Å². The first kappa shape index (κ1) is 20.1. The number of anilines is 2. The third kappa shape index (κ3) is 5.66. The topological polar surface area (TPSA) is 61.4 Å². The molecule has 5 nitrogen and oxygen atoms in total. The Morgan fingerprint density at radius 2 is 1.54 bits per heavy atom. The molecule has 0 fully saturated rings. The molecule has 138 valence electrons. The van der Waals surface area contributed by atoms with Crippen LogP contribution in [0, 0.1) is 11.6 Å². The molecule has 0 bridgehead atoms. The van der Waals surface area contributed by atoms with E-state index in [1.807, 2.05) is 0 Å². The molecular formula is C17H15Cl2F2N3O2. The first-order valence-corrected chi connectivity index (χ1v) is 8.19. The largest absolute Gasteiger partial charge is 0.325 e. The predicted octanol–water partition coefficient (Wildman–Crippen LogP) is 3.78. The molecule has 0 aromatic heterocycles. The number of amides is 2. The molecule has 9 heteroatoms. The summed E-state index contributed by atoms with van der Waals surface area (Å²) >= 11 is 11.9. The van der Waals surface area contributed by atoms with Gasteiger partial charge in [-0.2, -0.15) is 0 Å². The van der Waals surface area contributed by atoms with Crippen molar-refractivity contribution in [2.45, 2.75) is 0 Å². The molecule has 0 saturated heterocycles. The summed E-state index contributed by atoms with van der Waals surface area (Å²) < 4.78 is 26.0. The quantitative estimate of drug-likeness (QED) is 0.773. The Balaban J connectivity index is 1.87. The Morgan fingerprint density at radius 3 is 2.12 bits per heavy atom. The second-order valence-corrected chi connectivity index (χ2v) is 6.31. The number of nitrogens with one attached hydrogen (secondary N) is 2. The monoisotopic (exact) mass is 401 g/mol. The average Bonchev–Trinajstić information content (AvgIpc) is 2.54. The molecule has 0 aliphatic heterocycles. The van der Waals surface area contributed by atoms with Gasteiger partial charge in [-0.3, -0.25) is 14.5 Å². The highest BCUT2D eigenvalue weighted by Crippen LogP contribution is 2.29. The molecule has 2 aromatic carbocycles. The molecule has 2 amide bonds. The maximum atomic E-state index is 13.1. The second-order valence-electron chi connectivity index (χ2n) is 5.49. The molecular weight excluding hydrogens is 387 g/mol. The maximum absolute atomic E-state index is 13.1. The van der Waals surface area contributed by atoms with Crippen LogP contribution >= 0.6 is 23.2 Å². The molecule has 0 saturated carbocycles. The molecule has 2 rings (SSSR count). The third-order valence-corrected chi connectivity index (χ3v) is 3.89. The van der Waals surface area contributed by atoms with Gasteiger partial charge in [-0.05, 0) is 31.3 Å². The van der Waals surface area contributed by atoms with Crippen LogP contribution in [0.25, 0.3) is 0 Å². The van der Waals surface area contributed by atoms with Crippen molar-refractivity contribution in [2.75, 3.05) is 30.8 Å². The lowest BCUT2D eigenvalue weighted by Crippen LogP contribution is -2.36. The van der Waals surface area contributed by atoms with Crippen LogP contribution < -0.4 is 10.6 Å². The molecule has 2 N–H and O–H groups in total. The van der Waals surface area contributed by atoms with Gasteiger partial charge < -0.3 is 10.6 Å². The predicted molar refractivity (Wildman–Crippen MR) is 97.6 cm³/mol. The standard InChI is InChI=1S/C17H15Cl2F2N3O2/c1-24(8-15(25)22-10-5-6-13(20)14(21)7-10)9-16(26)23-17-11(18)3-2-4-12(17)19/h2-7H,8-9H2,1H3,(H,22,25)(H,23,26). The van der Waals surface area contributed by atoms with Gasteiger partial charge in [0.05, 0.1) is 28.8 Å². The van der Waals surface area contributed by atoms with Gasteiger partial charge in [0.15, 0.2) is 11.6 Å². The summed E-state index contributed by atoms with van der Waals surface area (Å²) in [5.74, 6) is -2.97. The summed E-state index contributed by atoms with van der Waals surface area (Å²) in [6, 6.07) is 7.84. The van der Waals surface area contributed by atoms with Gasteiger partial charge in [0.1, 0.15) is 0 Å². The van der Waals surface area contributed by atoms with Crippen molar-refractivity contribution in [3.63, 3.8) is 0 Å². The number of carbonyl (C=O) groups excluding carboxylic acids is 2. The first-order valence-electron chi connectivity index (χ1n) is 7.43. The van der Waals surface area contributed by atoms with Crippen LogP contribution in [0.5, 0.6) is 0 Å². The van der Waals surface area contributed by atoms with Crippen molar-refractivity contribution in [1.29, 1.82) is 0 Å². The van der Waals surface area contributed by atoms with Crippen LogP contribution in [0.1, 0.15) is 0 Å². The minimum Gasteiger partial charge on any atom is -0.325 e. The van der Waals surface area contributed by atoms with E-state index in [0.717, 1.165) is 12.1 Å². The minimum absolute atomic E-state index is 0.104. The van der Waals surface area contributed by atoms with Gasteiger partial charge in [0.25, 0.3) is 0 Å². The zero-order valence-electron chi connectivity index (χ0n) is 13.7. The minimum atomic E-state index is -1.06. The summed E-state index contributed by atoms with van der Waals surface area (Å²) in [6.07, 6.45) is 0. The number of para-hydroxylation sites is 1. The van der Waals surface area contributed by atoms with Crippen LogP contribution in [-0.4, -0.2) is 36.9 Å². The van der Waals surface area contributed by atoms with E-state index in [2.05, 4.69) is 10.6 Å². The Hall–Kier alpha value is -2.22. The van der Waals surface area contributed by atoms with E-state index in [9.17, 15) is 18.4 Å². The molecule has 0 unspecified atom stereocenters. The number of nitrogens with zero attached hydrogens (tertiary/aromatic N) is 1. The van der Waals surface area contributed by atoms with E-state index >= 15 is 0 Å². The van der Waals surface area contributed by atoms with Gasteiger partial charge >= 0.3 is 0 Å². The Kier molecular flexibility index (Phi) is 6.90. The van der Waals surface area contributed by atoms with Crippen LogP contribution in [0.3, 0.4) is 0 Å². The molecule has 0 aliphatic carbocycles. The lowest BCUT2D eigenvalue weighted by Gasteiger charge is -2.17. The van der Waals surface area contributed by atoms with Crippen molar-refractivity contribution < 1.29 is 18.4 Å².